The van der Waals surface area contributed by atoms with Gasteiger partial charge in [-0.15, -0.1) is 0 Å². The van der Waals surface area contributed by atoms with Crippen molar-refractivity contribution in [2.24, 2.45) is 0 Å². The third-order valence-electron chi connectivity index (χ3n) is 11.6. The van der Waals surface area contributed by atoms with Crippen molar-refractivity contribution in [3.63, 3.8) is 0 Å². The summed E-state index contributed by atoms with van der Waals surface area (Å²) in [5.74, 6) is 0. The van der Waals surface area contributed by atoms with Gasteiger partial charge >= 0.3 is 0 Å². The fraction of sp³-hybridized carbons (Fsp3) is 0. The second kappa shape index (κ2) is 16.9. The van der Waals surface area contributed by atoms with E-state index in [-0.39, 0.29) is 0 Å². The van der Waals surface area contributed by atoms with Gasteiger partial charge in [0.1, 0.15) is 0 Å². The molecule has 10 aromatic rings. The van der Waals surface area contributed by atoms with Crippen molar-refractivity contribution >= 4 is 28.8 Å². The van der Waals surface area contributed by atoms with Crippen LogP contribution in [0.15, 0.2) is 255 Å². The molecule has 0 bridgehead atoms. The zero-order valence-corrected chi connectivity index (χ0v) is 34.6. The van der Waals surface area contributed by atoms with Gasteiger partial charge < -0.3 is 0 Å². The monoisotopic (exact) mass is 794 g/mol. The minimum Gasteiger partial charge on any atom is -0.248 e. The number of nitrogens with zero attached hydrogens (tertiary/aromatic N) is 2. The highest BCUT2D eigenvalue weighted by Gasteiger charge is 2.41. The predicted octanol–water partition coefficient (Wildman–Crippen LogP) is 11.9. The van der Waals surface area contributed by atoms with Gasteiger partial charge in [-0.1, -0.05) is 224 Å². The minimum atomic E-state index is -2.97. The largest absolute Gasteiger partial charge is 0.248 e. The van der Waals surface area contributed by atoms with E-state index in [1.807, 2.05) is 0 Å². The Labute approximate surface area is 359 Å². The molecule has 288 valence electrons. The first-order chi connectivity index (χ1) is 30.2. The Kier molecular flexibility index (Phi) is 10.4. The molecular weight excluding hydrogens is 753 g/mol. The Morgan fingerprint density at radius 3 is 0.689 bits per heavy atom. The Bertz CT molecular complexity index is 2670. The van der Waals surface area contributed by atoms with Gasteiger partial charge in [-0.2, -0.15) is 0 Å². The van der Waals surface area contributed by atoms with Crippen LogP contribution in [-0.2, 0) is 0 Å². The second-order valence-electron chi connectivity index (χ2n) is 15.4. The molecule has 10 rings (SSSR count). The van der Waals surface area contributed by atoms with Gasteiger partial charge in [-0.25, -0.2) is 9.97 Å². The summed E-state index contributed by atoms with van der Waals surface area (Å²) in [7, 11) is -2.97. The summed E-state index contributed by atoms with van der Waals surface area (Å²) < 4.78 is 0. The van der Waals surface area contributed by atoms with E-state index in [9.17, 15) is 0 Å². The molecule has 61 heavy (non-hydrogen) atoms. The van der Waals surface area contributed by atoms with E-state index >= 15 is 0 Å². The lowest BCUT2D eigenvalue weighted by Gasteiger charge is -2.35. The molecule has 8 aromatic carbocycles. The van der Waals surface area contributed by atoms with Crippen molar-refractivity contribution in [2.75, 3.05) is 0 Å². The highest BCUT2D eigenvalue weighted by atomic mass is 28.3. The van der Waals surface area contributed by atoms with Crippen LogP contribution in [0.1, 0.15) is 0 Å². The summed E-state index contributed by atoms with van der Waals surface area (Å²) in [5, 5.41) is 5.27. The third kappa shape index (κ3) is 7.55. The van der Waals surface area contributed by atoms with Crippen molar-refractivity contribution in [1.82, 2.24) is 9.97 Å². The maximum Gasteiger partial charge on any atom is 0.179 e. The van der Waals surface area contributed by atoms with Crippen LogP contribution in [0.2, 0.25) is 0 Å². The second-order valence-corrected chi connectivity index (χ2v) is 19.2. The number of rotatable bonds is 10. The molecule has 0 spiro atoms. The first-order valence-corrected chi connectivity index (χ1v) is 22.8. The van der Waals surface area contributed by atoms with Crippen molar-refractivity contribution in [1.29, 1.82) is 0 Å². The SMILES string of the molecule is c1ccc(-c2cc(-c3cc(-c4cc(-c5ccccc5)nc(-c5ccccc5)c4)cc([Si](c4ccccc4)(c4ccccc4)c4ccccc4)c3)cc(-c3ccccc3)n2)cc1. The molecule has 2 aromatic heterocycles. The first kappa shape index (κ1) is 37.5. The Balaban J connectivity index is 1.32. The maximum absolute atomic E-state index is 5.28. The molecule has 3 heteroatoms. The van der Waals surface area contributed by atoms with E-state index in [0.717, 1.165) is 67.3 Å². The fourth-order valence-electron chi connectivity index (χ4n) is 8.66. The standard InChI is InChI=1S/C58H42N2Si/c1-8-22-43(23-9-1)55-39-49(40-56(59-55)44-24-10-2-11-25-44)47-36-48(50-41-57(45-26-12-3-13-27-45)60-58(42-50)46-28-14-4-15-29-46)38-54(37-47)61(51-30-16-5-17-31-51,52-32-18-6-19-33-52)53-34-20-7-21-35-53/h1-42H. The summed E-state index contributed by atoms with van der Waals surface area (Å²) in [6, 6.07) is 92.0. The molecule has 0 radical (unpaired) electrons. The topological polar surface area (TPSA) is 25.8 Å². The average molecular weight is 795 g/mol. The molecule has 0 amide bonds. The van der Waals surface area contributed by atoms with Crippen molar-refractivity contribution < 1.29 is 0 Å². The van der Waals surface area contributed by atoms with Gasteiger partial charge in [0.2, 0.25) is 0 Å². The number of hydrogen-bond acceptors (Lipinski definition) is 2. The van der Waals surface area contributed by atoms with Crippen LogP contribution >= 0.6 is 0 Å². The lowest BCUT2D eigenvalue weighted by atomic mass is 9.95. The van der Waals surface area contributed by atoms with E-state index < -0.39 is 8.07 Å². The Morgan fingerprint density at radius 2 is 0.426 bits per heavy atom. The van der Waals surface area contributed by atoms with Gasteiger partial charge in [0.15, 0.2) is 8.07 Å². The highest BCUT2D eigenvalue weighted by Crippen LogP contribution is 2.35. The molecule has 0 atom stereocenters. The summed E-state index contributed by atoms with van der Waals surface area (Å²) in [4.78, 5) is 10.6. The summed E-state index contributed by atoms with van der Waals surface area (Å²) in [6.45, 7) is 0. The first-order valence-electron chi connectivity index (χ1n) is 20.8. The Morgan fingerprint density at radius 1 is 0.197 bits per heavy atom. The van der Waals surface area contributed by atoms with Gasteiger partial charge in [-0.3, -0.25) is 0 Å². The predicted molar refractivity (Wildman–Crippen MR) is 258 cm³/mol. The van der Waals surface area contributed by atoms with Crippen molar-refractivity contribution in [2.45, 2.75) is 0 Å². The zero-order chi connectivity index (χ0) is 40.9. The lowest BCUT2D eigenvalue weighted by Crippen LogP contribution is -2.74. The molecule has 0 N–H and O–H groups in total. The number of benzene rings is 8. The van der Waals surface area contributed by atoms with Crippen LogP contribution in [0.5, 0.6) is 0 Å². The summed E-state index contributed by atoms with van der Waals surface area (Å²) >= 11 is 0. The van der Waals surface area contributed by atoms with E-state index in [1.54, 1.807) is 0 Å². The van der Waals surface area contributed by atoms with Crippen molar-refractivity contribution in [3.8, 4) is 67.3 Å². The van der Waals surface area contributed by atoms with Gasteiger partial charge in [0.05, 0.1) is 22.8 Å². The van der Waals surface area contributed by atoms with Gasteiger partial charge in [0, 0.05) is 22.3 Å². The van der Waals surface area contributed by atoms with Crippen LogP contribution in [0, 0.1) is 0 Å². The van der Waals surface area contributed by atoms with Crippen LogP contribution in [0.3, 0.4) is 0 Å². The molecule has 0 aliphatic carbocycles. The molecule has 0 unspecified atom stereocenters. The zero-order valence-electron chi connectivity index (χ0n) is 33.6. The Hall–Kier alpha value is -7.72. The average Bonchev–Trinajstić information content (AvgIpc) is 3.36. The van der Waals surface area contributed by atoms with E-state index in [0.29, 0.717) is 0 Å². The summed E-state index contributed by atoms with van der Waals surface area (Å²) in [6.07, 6.45) is 0. The minimum absolute atomic E-state index is 0.934. The highest BCUT2D eigenvalue weighted by molar-refractivity contribution is 7.20. The molecule has 2 heterocycles. The van der Waals surface area contributed by atoms with Crippen LogP contribution < -0.4 is 20.7 Å². The van der Waals surface area contributed by atoms with E-state index in [4.69, 9.17) is 9.97 Å². The molecular formula is C58H42N2Si. The molecule has 0 saturated carbocycles. The lowest BCUT2D eigenvalue weighted by molar-refractivity contribution is 1.32. The number of hydrogen-bond donors (Lipinski definition) is 0. The smallest absolute Gasteiger partial charge is 0.179 e. The normalized spacial score (nSPS) is 11.3. The van der Waals surface area contributed by atoms with Gasteiger partial charge in [0.25, 0.3) is 0 Å². The van der Waals surface area contributed by atoms with E-state index in [1.165, 1.54) is 20.7 Å². The molecule has 2 nitrogen and oxygen atoms in total. The maximum atomic E-state index is 5.28. The molecule has 0 aliphatic rings. The fourth-order valence-corrected chi connectivity index (χ4v) is 13.5. The third-order valence-corrected chi connectivity index (χ3v) is 16.3. The number of aromatic nitrogens is 2. The quantitative estimate of drug-likeness (QED) is 0.102. The number of pyridine rings is 2. The van der Waals surface area contributed by atoms with Crippen LogP contribution in [0.25, 0.3) is 67.3 Å². The van der Waals surface area contributed by atoms with Gasteiger partial charge in [-0.05, 0) is 73.3 Å². The van der Waals surface area contributed by atoms with Crippen LogP contribution in [-0.4, -0.2) is 18.0 Å². The summed E-state index contributed by atoms with van der Waals surface area (Å²) in [5.41, 5.74) is 12.5. The van der Waals surface area contributed by atoms with Crippen molar-refractivity contribution in [3.05, 3.63) is 255 Å². The molecule has 0 aliphatic heterocycles. The van der Waals surface area contributed by atoms with Crippen LogP contribution in [0.4, 0.5) is 0 Å². The van der Waals surface area contributed by atoms with E-state index in [2.05, 4.69) is 255 Å². The molecule has 0 saturated heterocycles. The molecule has 0 fully saturated rings.